The maximum Gasteiger partial charge on any atom is 0.240 e. The summed E-state index contributed by atoms with van der Waals surface area (Å²) < 4.78 is 41.7. The van der Waals surface area contributed by atoms with Gasteiger partial charge in [-0.25, -0.2) is 22.5 Å². The van der Waals surface area contributed by atoms with E-state index in [1.807, 2.05) is 43.3 Å². The molecule has 0 unspecified atom stereocenters. The first-order valence-corrected chi connectivity index (χ1v) is 14.4. The zero-order chi connectivity index (χ0) is 26.5. The van der Waals surface area contributed by atoms with E-state index in [0.29, 0.717) is 40.7 Å². The number of anilines is 3. The molecule has 1 fully saturated rings. The summed E-state index contributed by atoms with van der Waals surface area (Å²) in [5, 5.41) is 7.48. The average Bonchev–Trinajstić information content (AvgIpc) is 2.92. The van der Waals surface area contributed by atoms with E-state index in [9.17, 15) is 12.8 Å². The molecule has 1 heterocycles. The highest BCUT2D eigenvalue weighted by atomic mass is 32.2. The van der Waals surface area contributed by atoms with Crippen LogP contribution < -0.4 is 15.4 Å². The molecule has 1 aliphatic carbocycles. The predicted octanol–water partition coefficient (Wildman–Crippen LogP) is 6.02. The van der Waals surface area contributed by atoms with E-state index in [4.69, 9.17) is 0 Å². The van der Waals surface area contributed by atoms with Gasteiger partial charge in [-0.15, -0.1) is 0 Å². The zero-order valence-electron chi connectivity index (χ0n) is 21.3. The summed E-state index contributed by atoms with van der Waals surface area (Å²) in [7, 11) is -3.49. The smallest absolute Gasteiger partial charge is 0.240 e. The van der Waals surface area contributed by atoms with Gasteiger partial charge in [0.1, 0.15) is 11.6 Å². The Morgan fingerprint density at radius 3 is 2.32 bits per heavy atom. The van der Waals surface area contributed by atoms with E-state index in [-0.39, 0.29) is 5.82 Å². The van der Waals surface area contributed by atoms with Crippen molar-refractivity contribution < 1.29 is 12.8 Å². The molecule has 3 N–H and O–H groups in total. The Kier molecular flexibility index (Phi) is 7.85. The topological polar surface area (TPSA) is 96.0 Å². The number of nitrogens with one attached hydrogen (secondary N) is 3. The van der Waals surface area contributed by atoms with E-state index >= 15 is 0 Å². The van der Waals surface area contributed by atoms with Crippen LogP contribution in [0.15, 0.2) is 77.7 Å². The Bertz CT molecular complexity index is 1500. The minimum Gasteiger partial charge on any atom is -0.354 e. The highest BCUT2D eigenvalue weighted by Gasteiger charge is 2.23. The molecule has 5 rings (SSSR count). The predicted molar refractivity (Wildman–Crippen MR) is 150 cm³/mol. The van der Waals surface area contributed by atoms with Crippen LogP contribution in [0.5, 0.6) is 0 Å². The molecule has 0 radical (unpaired) electrons. The lowest BCUT2D eigenvalue weighted by atomic mass is 9.82. The Morgan fingerprint density at radius 2 is 1.58 bits per heavy atom. The van der Waals surface area contributed by atoms with E-state index in [0.717, 1.165) is 48.7 Å². The molecule has 3 aromatic carbocycles. The van der Waals surface area contributed by atoms with Crippen molar-refractivity contribution in [1.29, 1.82) is 0 Å². The number of sulfonamides is 1. The van der Waals surface area contributed by atoms with E-state index < -0.39 is 10.0 Å². The second-order valence-corrected chi connectivity index (χ2v) is 11.7. The molecule has 198 valence electrons. The van der Waals surface area contributed by atoms with Gasteiger partial charge < -0.3 is 10.6 Å². The van der Waals surface area contributed by atoms with Gasteiger partial charge in [0.05, 0.1) is 10.4 Å². The Hall–Kier alpha value is -3.56. The Labute approximate surface area is 223 Å². The summed E-state index contributed by atoms with van der Waals surface area (Å²) in [5.41, 5.74) is 2.45. The lowest BCUT2D eigenvalue weighted by molar-refractivity contribution is 0.284. The normalized spacial score (nSPS) is 17.8. The Balaban J connectivity index is 1.16. The van der Waals surface area contributed by atoms with Crippen molar-refractivity contribution in [3.63, 3.8) is 0 Å². The molecule has 7 nitrogen and oxygen atoms in total. The standard InChI is InChI=1S/C29H32FN5O2S/c1-20-9-15-25(16-10-20)38(36,37)32-19-22-13-11-21(12-14-22)18-31-29-34-27-8-3-2-7-26(27)28(35-29)33-24-6-4-5-23(30)17-24/h2-10,15-17,21-22,32H,11-14,18-19H2,1H3,(H2,31,33,34,35)/t21-,22-. The number of rotatable bonds is 9. The third-order valence-corrected chi connectivity index (χ3v) is 8.54. The van der Waals surface area contributed by atoms with Crippen LogP contribution in [0.1, 0.15) is 31.2 Å². The van der Waals surface area contributed by atoms with Gasteiger partial charge in [-0.3, -0.25) is 0 Å². The van der Waals surface area contributed by atoms with Crippen molar-refractivity contribution in [2.24, 2.45) is 11.8 Å². The largest absolute Gasteiger partial charge is 0.354 e. The van der Waals surface area contributed by atoms with E-state index in [1.54, 1.807) is 24.3 Å². The van der Waals surface area contributed by atoms with Crippen molar-refractivity contribution >= 4 is 38.4 Å². The molecule has 1 saturated carbocycles. The summed E-state index contributed by atoms with van der Waals surface area (Å²) in [4.78, 5) is 9.66. The van der Waals surface area contributed by atoms with Gasteiger partial charge in [0.2, 0.25) is 16.0 Å². The summed E-state index contributed by atoms with van der Waals surface area (Å²) in [5.74, 6) is 1.61. The molecule has 0 bridgehead atoms. The number of fused-ring (bicyclic) bond motifs is 1. The van der Waals surface area contributed by atoms with Crippen molar-refractivity contribution in [3.05, 3.63) is 84.2 Å². The second-order valence-electron chi connectivity index (χ2n) is 9.98. The van der Waals surface area contributed by atoms with Crippen LogP contribution in [0, 0.1) is 24.6 Å². The van der Waals surface area contributed by atoms with Crippen molar-refractivity contribution in [1.82, 2.24) is 14.7 Å². The van der Waals surface area contributed by atoms with Gasteiger partial charge in [-0.2, -0.15) is 4.98 Å². The fourth-order valence-electron chi connectivity index (χ4n) is 4.86. The van der Waals surface area contributed by atoms with Crippen LogP contribution in [0.2, 0.25) is 0 Å². The Morgan fingerprint density at radius 1 is 0.868 bits per heavy atom. The zero-order valence-corrected chi connectivity index (χ0v) is 22.1. The molecule has 4 aromatic rings. The molecule has 1 aliphatic rings. The highest BCUT2D eigenvalue weighted by Crippen LogP contribution is 2.30. The minimum absolute atomic E-state index is 0.308. The fourth-order valence-corrected chi connectivity index (χ4v) is 5.97. The number of para-hydroxylation sites is 1. The summed E-state index contributed by atoms with van der Waals surface area (Å²) >= 11 is 0. The fraction of sp³-hybridized carbons (Fsp3) is 0.310. The van der Waals surface area contributed by atoms with Gasteiger partial charge in [-0.1, -0.05) is 35.9 Å². The number of benzene rings is 3. The third kappa shape index (κ3) is 6.46. The number of nitrogens with zero attached hydrogens (tertiary/aromatic N) is 2. The SMILES string of the molecule is Cc1ccc(S(=O)(=O)NC[C@H]2CC[C@H](CNc3nc(Nc4cccc(F)c4)c4ccccc4n3)CC2)cc1. The average molecular weight is 534 g/mol. The molecule has 1 aromatic heterocycles. The third-order valence-electron chi connectivity index (χ3n) is 7.10. The molecular weight excluding hydrogens is 501 g/mol. The van der Waals surface area contributed by atoms with Gasteiger partial charge in [-0.05, 0) is 86.9 Å². The van der Waals surface area contributed by atoms with Gasteiger partial charge in [0, 0.05) is 24.2 Å². The highest BCUT2D eigenvalue weighted by molar-refractivity contribution is 7.89. The molecule has 0 aliphatic heterocycles. The van der Waals surface area contributed by atoms with Gasteiger partial charge in [0.25, 0.3) is 0 Å². The van der Waals surface area contributed by atoms with Crippen LogP contribution in [0.25, 0.3) is 10.9 Å². The van der Waals surface area contributed by atoms with Crippen molar-refractivity contribution in [2.45, 2.75) is 37.5 Å². The molecular formula is C29H32FN5O2S. The summed E-state index contributed by atoms with van der Waals surface area (Å²) in [6, 6.07) is 20.9. The molecule has 0 atom stereocenters. The number of aryl methyl sites for hydroxylation is 1. The maximum atomic E-state index is 13.7. The first-order chi connectivity index (χ1) is 18.4. The second kappa shape index (κ2) is 11.4. The van der Waals surface area contributed by atoms with Crippen LogP contribution in [-0.2, 0) is 10.0 Å². The van der Waals surface area contributed by atoms with Crippen molar-refractivity contribution in [2.75, 3.05) is 23.7 Å². The maximum absolute atomic E-state index is 13.7. The summed E-state index contributed by atoms with van der Waals surface area (Å²) in [6.45, 7) is 3.13. The number of hydrogen-bond acceptors (Lipinski definition) is 6. The quantitative estimate of drug-likeness (QED) is 0.244. The van der Waals surface area contributed by atoms with Crippen LogP contribution in [0.4, 0.5) is 21.8 Å². The first kappa shape index (κ1) is 26.1. The molecule has 0 amide bonds. The van der Waals surface area contributed by atoms with Crippen molar-refractivity contribution in [3.8, 4) is 0 Å². The minimum atomic E-state index is -3.49. The number of halogens is 1. The molecule has 9 heteroatoms. The molecule has 38 heavy (non-hydrogen) atoms. The van der Waals surface area contributed by atoms with Gasteiger partial charge in [0.15, 0.2) is 0 Å². The van der Waals surface area contributed by atoms with Crippen LogP contribution >= 0.6 is 0 Å². The number of hydrogen-bond donors (Lipinski definition) is 3. The first-order valence-electron chi connectivity index (χ1n) is 13.0. The van der Waals surface area contributed by atoms with Gasteiger partial charge >= 0.3 is 0 Å². The van der Waals surface area contributed by atoms with E-state index in [2.05, 4.69) is 25.3 Å². The lowest BCUT2D eigenvalue weighted by Crippen LogP contribution is -2.32. The molecule has 0 spiro atoms. The lowest BCUT2D eigenvalue weighted by Gasteiger charge is -2.28. The molecule has 0 saturated heterocycles. The van der Waals surface area contributed by atoms with E-state index in [1.165, 1.54) is 12.1 Å². The monoisotopic (exact) mass is 533 g/mol. The van der Waals surface area contributed by atoms with Crippen LogP contribution in [-0.4, -0.2) is 31.5 Å². The summed E-state index contributed by atoms with van der Waals surface area (Å²) in [6.07, 6.45) is 3.94. The number of aromatic nitrogens is 2. The van der Waals surface area contributed by atoms with Crippen LogP contribution in [0.3, 0.4) is 0 Å².